The van der Waals surface area contributed by atoms with Gasteiger partial charge < -0.3 is 20.6 Å². The van der Waals surface area contributed by atoms with Crippen LogP contribution in [0, 0.1) is 0 Å². The number of aliphatic carboxylic acids is 1. The maximum absolute atomic E-state index is 10.9. The van der Waals surface area contributed by atoms with Gasteiger partial charge >= 0.3 is 5.97 Å². The van der Waals surface area contributed by atoms with Gasteiger partial charge in [0.05, 0.1) is 11.4 Å². The van der Waals surface area contributed by atoms with E-state index in [9.17, 15) is 4.79 Å². The summed E-state index contributed by atoms with van der Waals surface area (Å²) in [6.07, 6.45) is 0.897. The average Bonchev–Trinajstić information content (AvgIpc) is 2.27. The van der Waals surface area contributed by atoms with Crippen molar-refractivity contribution in [3.05, 3.63) is 24.3 Å². The number of rotatable bonds is 7. The Labute approximate surface area is 108 Å². The number of hydrogen-bond acceptors (Lipinski definition) is 4. The molecule has 0 radical (unpaired) electrons. The minimum atomic E-state index is -0.844. The molecule has 1 aromatic carbocycles. The van der Waals surface area contributed by atoms with Crippen LogP contribution in [0.2, 0.25) is 0 Å². The first-order valence-corrected chi connectivity index (χ1v) is 5.96. The van der Waals surface area contributed by atoms with Crippen LogP contribution in [0.5, 0.6) is 0 Å². The van der Waals surface area contributed by atoms with Crippen LogP contribution in [-0.4, -0.2) is 49.7 Å². The summed E-state index contributed by atoms with van der Waals surface area (Å²) in [5, 5.41) is 8.95. The third-order valence-corrected chi connectivity index (χ3v) is 2.64. The molecular weight excluding hydrogens is 230 g/mol. The van der Waals surface area contributed by atoms with E-state index >= 15 is 0 Å². The van der Waals surface area contributed by atoms with Gasteiger partial charge in [-0.1, -0.05) is 12.1 Å². The van der Waals surface area contributed by atoms with Gasteiger partial charge in [0.25, 0.3) is 0 Å². The highest BCUT2D eigenvalue weighted by atomic mass is 16.4. The lowest BCUT2D eigenvalue weighted by Crippen LogP contribution is -2.32. The Morgan fingerprint density at radius 3 is 2.50 bits per heavy atom. The first kappa shape index (κ1) is 14.3. The first-order chi connectivity index (χ1) is 8.50. The molecule has 1 aromatic rings. The third kappa shape index (κ3) is 4.63. The number of benzene rings is 1. The Kier molecular flexibility index (Phi) is 5.45. The van der Waals surface area contributed by atoms with Gasteiger partial charge in [-0.25, -0.2) is 0 Å². The first-order valence-electron chi connectivity index (χ1n) is 5.96. The number of nitrogen functional groups attached to an aromatic ring is 1. The van der Waals surface area contributed by atoms with E-state index in [0.29, 0.717) is 12.2 Å². The summed E-state index contributed by atoms with van der Waals surface area (Å²) in [6.45, 7) is 1.57. The van der Waals surface area contributed by atoms with Gasteiger partial charge in [-0.3, -0.25) is 4.79 Å². The monoisotopic (exact) mass is 251 g/mol. The largest absolute Gasteiger partial charge is 0.480 e. The predicted octanol–water partition coefficient (Wildman–Crippen LogP) is 1.11. The van der Waals surface area contributed by atoms with Crippen molar-refractivity contribution in [2.45, 2.75) is 6.42 Å². The average molecular weight is 251 g/mol. The summed E-state index contributed by atoms with van der Waals surface area (Å²) in [4.78, 5) is 14.8. The maximum atomic E-state index is 10.9. The molecule has 0 atom stereocenters. The second-order valence-corrected chi connectivity index (χ2v) is 4.53. The quantitative estimate of drug-likeness (QED) is 0.710. The van der Waals surface area contributed by atoms with E-state index in [1.807, 2.05) is 32.3 Å². The number of nitrogens with zero attached hydrogens (tertiary/aromatic N) is 2. The lowest BCUT2D eigenvalue weighted by atomic mass is 10.2. The number of carbonyl (C=O) groups is 1. The molecule has 0 saturated carbocycles. The topological polar surface area (TPSA) is 69.8 Å². The molecule has 0 heterocycles. The summed E-state index contributed by atoms with van der Waals surface area (Å²) in [5.74, 6) is -0.844. The van der Waals surface area contributed by atoms with Crippen molar-refractivity contribution in [2.75, 3.05) is 44.4 Å². The Hall–Kier alpha value is -1.75. The molecule has 5 heteroatoms. The zero-order chi connectivity index (χ0) is 13.5. The summed E-state index contributed by atoms with van der Waals surface area (Å²) >= 11 is 0. The van der Waals surface area contributed by atoms with Crippen LogP contribution in [0.3, 0.4) is 0 Å². The fourth-order valence-corrected chi connectivity index (χ4v) is 1.80. The summed E-state index contributed by atoms with van der Waals surface area (Å²) in [7, 11) is 4.00. The van der Waals surface area contributed by atoms with Crippen molar-refractivity contribution in [2.24, 2.45) is 0 Å². The second kappa shape index (κ2) is 6.86. The minimum Gasteiger partial charge on any atom is -0.480 e. The molecule has 5 nitrogen and oxygen atoms in total. The van der Waals surface area contributed by atoms with Gasteiger partial charge in [-0.2, -0.15) is 0 Å². The molecule has 0 bridgehead atoms. The highest BCUT2D eigenvalue weighted by Crippen LogP contribution is 2.22. The molecule has 0 aromatic heterocycles. The molecule has 3 N–H and O–H groups in total. The van der Waals surface area contributed by atoms with Gasteiger partial charge in [-0.15, -0.1) is 0 Å². The Morgan fingerprint density at radius 1 is 1.28 bits per heavy atom. The molecule has 0 aliphatic heterocycles. The highest BCUT2D eigenvalue weighted by molar-refractivity contribution is 5.77. The lowest BCUT2D eigenvalue weighted by Gasteiger charge is -2.25. The highest BCUT2D eigenvalue weighted by Gasteiger charge is 2.12. The SMILES string of the molecule is CN(C)CCCN(CC(=O)O)c1ccccc1N. The Bertz CT molecular complexity index is 394. The van der Waals surface area contributed by atoms with Crippen LogP contribution in [0.1, 0.15) is 6.42 Å². The second-order valence-electron chi connectivity index (χ2n) is 4.53. The molecule has 0 amide bonds. The molecule has 1 rings (SSSR count). The van der Waals surface area contributed by atoms with Crippen molar-refractivity contribution in [3.8, 4) is 0 Å². The molecule has 0 spiro atoms. The van der Waals surface area contributed by atoms with Crippen molar-refractivity contribution in [1.29, 1.82) is 0 Å². The van der Waals surface area contributed by atoms with Crippen LogP contribution in [-0.2, 0) is 4.79 Å². The normalized spacial score (nSPS) is 10.6. The van der Waals surface area contributed by atoms with Crippen molar-refractivity contribution >= 4 is 17.3 Å². The van der Waals surface area contributed by atoms with Gasteiger partial charge in [0.15, 0.2) is 0 Å². The third-order valence-electron chi connectivity index (χ3n) is 2.64. The molecule has 0 fully saturated rings. The summed E-state index contributed by atoms with van der Waals surface area (Å²) in [5.41, 5.74) is 7.29. The number of anilines is 2. The molecule has 0 saturated heterocycles. The molecule has 100 valence electrons. The molecule has 0 aliphatic rings. The number of carboxylic acid groups (broad SMARTS) is 1. The number of nitrogens with two attached hydrogens (primary N) is 1. The van der Waals surface area contributed by atoms with E-state index in [1.165, 1.54) is 0 Å². The number of carboxylic acids is 1. The number of hydrogen-bond donors (Lipinski definition) is 2. The molecule has 18 heavy (non-hydrogen) atoms. The Morgan fingerprint density at radius 2 is 1.94 bits per heavy atom. The van der Waals surface area contributed by atoms with Crippen molar-refractivity contribution < 1.29 is 9.90 Å². The van der Waals surface area contributed by atoms with E-state index in [-0.39, 0.29) is 6.54 Å². The fraction of sp³-hybridized carbons (Fsp3) is 0.462. The fourth-order valence-electron chi connectivity index (χ4n) is 1.80. The van der Waals surface area contributed by atoms with E-state index in [4.69, 9.17) is 10.8 Å². The van der Waals surface area contributed by atoms with Gasteiger partial charge in [0, 0.05) is 6.54 Å². The van der Waals surface area contributed by atoms with E-state index in [0.717, 1.165) is 18.7 Å². The van der Waals surface area contributed by atoms with Gasteiger partial charge in [0.1, 0.15) is 6.54 Å². The maximum Gasteiger partial charge on any atom is 0.323 e. The van der Waals surface area contributed by atoms with Gasteiger partial charge in [0.2, 0.25) is 0 Å². The van der Waals surface area contributed by atoms with Crippen LogP contribution >= 0.6 is 0 Å². The Balaban J connectivity index is 2.72. The molecule has 0 aliphatic carbocycles. The van der Waals surface area contributed by atoms with Crippen LogP contribution in [0.25, 0.3) is 0 Å². The zero-order valence-corrected chi connectivity index (χ0v) is 11.0. The summed E-state index contributed by atoms with van der Waals surface area (Å²) < 4.78 is 0. The van der Waals surface area contributed by atoms with E-state index in [2.05, 4.69) is 4.90 Å². The standard InChI is InChI=1S/C13H21N3O2/c1-15(2)8-5-9-16(10-13(17)18)12-7-4-3-6-11(12)14/h3-4,6-7H,5,8-10,14H2,1-2H3,(H,17,18). The van der Waals surface area contributed by atoms with Gasteiger partial charge in [-0.05, 0) is 39.2 Å². The van der Waals surface area contributed by atoms with Crippen molar-refractivity contribution in [1.82, 2.24) is 4.90 Å². The molecule has 0 unspecified atom stereocenters. The lowest BCUT2D eigenvalue weighted by molar-refractivity contribution is -0.135. The van der Waals surface area contributed by atoms with E-state index < -0.39 is 5.97 Å². The zero-order valence-electron chi connectivity index (χ0n) is 11.0. The summed E-state index contributed by atoms with van der Waals surface area (Å²) in [6, 6.07) is 7.36. The van der Waals surface area contributed by atoms with Crippen LogP contribution < -0.4 is 10.6 Å². The van der Waals surface area contributed by atoms with Crippen LogP contribution in [0.4, 0.5) is 11.4 Å². The smallest absolute Gasteiger partial charge is 0.323 e. The minimum absolute atomic E-state index is 0.0261. The van der Waals surface area contributed by atoms with Crippen LogP contribution in [0.15, 0.2) is 24.3 Å². The predicted molar refractivity (Wildman–Crippen MR) is 73.9 cm³/mol. The molecular formula is C13H21N3O2. The van der Waals surface area contributed by atoms with E-state index in [1.54, 1.807) is 11.0 Å². The van der Waals surface area contributed by atoms with Crippen molar-refractivity contribution in [3.63, 3.8) is 0 Å². The number of para-hydroxylation sites is 2.